The molecule has 0 heterocycles. The van der Waals surface area contributed by atoms with Gasteiger partial charge in [-0.15, -0.1) is 0 Å². The summed E-state index contributed by atoms with van der Waals surface area (Å²) in [5.41, 5.74) is -0.670. The molecule has 1 rings (SSSR count). The van der Waals surface area contributed by atoms with Crippen LogP contribution >= 0.6 is 0 Å². The molecule has 0 saturated heterocycles. The number of ketones is 1. The Morgan fingerprint density at radius 3 is 2.58 bits per heavy atom. The maximum atomic E-state index is 13.0. The van der Waals surface area contributed by atoms with Crippen molar-refractivity contribution in [1.29, 1.82) is 0 Å². The number of alkyl halides is 2. The molecule has 0 aromatic heterocycles. The van der Waals surface area contributed by atoms with E-state index >= 15 is 0 Å². The molecular formula is C14H18F2O3. The molecule has 5 heteroatoms. The Bertz CT molecular complexity index is 445. The number of halogens is 2. The molecule has 0 aliphatic carbocycles. The lowest BCUT2D eigenvalue weighted by Gasteiger charge is -2.14. The second-order valence-electron chi connectivity index (χ2n) is 4.13. The summed E-state index contributed by atoms with van der Waals surface area (Å²) in [7, 11) is 0. The second-order valence-corrected chi connectivity index (χ2v) is 4.13. The molecule has 19 heavy (non-hydrogen) atoms. The summed E-state index contributed by atoms with van der Waals surface area (Å²) in [5, 5.41) is 9.86. The summed E-state index contributed by atoms with van der Waals surface area (Å²) in [5.74, 6) is -1.08. The van der Waals surface area contributed by atoms with Crippen molar-refractivity contribution < 1.29 is 23.4 Å². The third-order valence-electron chi connectivity index (χ3n) is 2.75. The van der Waals surface area contributed by atoms with Gasteiger partial charge in [-0.2, -0.15) is 0 Å². The predicted octanol–water partition coefficient (Wildman–Crippen LogP) is 4.10. The number of unbranched alkanes of at least 4 members (excludes halogenated alkanes) is 1. The van der Waals surface area contributed by atoms with E-state index in [1.54, 1.807) is 6.92 Å². The SMILES string of the molecule is CCCCC(=O)c1ccc(OCC)c(C(F)F)c1O. The van der Waals surface area contributed by atoms with Gasteiger partial charge in [0.1, 0.15) is 17.1 Å². The van der Waals surface area contributed by atoms with E-state index in [0.29, 0.717) is 6.42 Å². The van der Waals surface area contributed by atoms with Crippen molar-refractivity contribution >= 4 is 5.78 Å². The predicted molar refractivity (Wildman–Crippen MR) is 68.1 cm³/mol. The Balaban J connectivity index is 3.15. The van der Waals surface area contributed by atoms with E-state index in [-0.39, 0.29) is 30.1 Å². The topological polar surface area (TPSA) is 46.5 Å². The van der Waals surface area contributed by atoms with Gasteiger partial charge in [-0.1, -0.05) is 13.3 Å². The first-order valence-corrected chi connectivity index (χ1v) is 6.32. The summed E-state index contributed by atoms with van der Waals surface area (Å²) < 4.78 is 31.0. The average Bonchev–Trinajstić information content (AvgIpc) is 2.36. The van der Waals surface area contributed by atoms with Gasteiger partial charge in [-0.3, -0.25) is 4.79 Å². The summed E-state index contributed by atoms with van der Waals surface area (Å²) in [6.45, 7) is 3.80. The first-order chi connectivity index (χ1) is 9.02. The second kappa shape index (κ2) is 7.07. The monoisotopic (exact) mass is 272 g/mol. The Labute approximate surface area is 111 Å². The van der Waals surface area contributed by atoms with Gasteiger partial charge >= 0.3 is 0 Å². The molecule has 0 atom stereocenters. The molecule has 3 nitrogen and oxygen atoms in total. The minimum Gasteiger partial charge on any atom is -0.507 e. The average molecular weight is 272 g/mol. The van der Waals surface area contributed by atoms with Crippen LogP contribution in [0.15, 0.2) is 12.1 Å². The first-order valence-electron chi connectivity index (χ1n) is 6.32. The van der Waals surface area contributed by atoms with Crippen molar-refractivity contribution in [2.24, 2.45) is 0 Å². The van der Waals surface area contributed by atoms with Gasteiger partial charge in [0, 0.05) is 6.42 Å². The lowest BCUT2D eigenvalue weighted by Crippen LogP contribution is -2.04. The number of phenolic OH excluding ortho intramolecular Hbond substituents is 1. The smallest absolute Gasteiger partial charge is 0.271 e. The third-order valence-corrected chi connectivity index (χ3v) is 2.75. The number of rotatable bonds is 7. The maximum absolute atomic E-state index is 13.0. The van der Waals surface area contributed by atoms with Crippen LogP contribution in [-0.4, -0.2) is 17.5 Å². The molecule has 0 spiro atoms. The van der Waals surface area contributed by atoms with Crippen LogP contribution in [0.2, 0.25) is 0 Å². The maximum Gasteiger partial charge on any atom is 0.271 e. The normalized spacial score (nSPS) is 10.8. The number of carbonyl (C=O) groups is 1. The zero-order valence-electron chi connectivity index (χ0n) is 11.1. The number of hydrogen-bond acceptors (Lipinski definition) is 3. The lowest BCUT2D eigenvalue weighted by molar-refractivity contribution is 0.0975. The molecule has 1 N–H and O–H groups in total. The molecule has 0 amide bonds. The van der Waals surface area contributed by atoms with E-state index < -0.39 is 17.7 Å². The van der Waals surface area contributed by atoms with Gasteiger partial charge in [0.05, 0.1) is 12.2 Å². The van der Waals surface area contributed by atoms with Gasteiger partial charge in [-0.25, -0.2) is 8.78 Å². The molecule has 1 aromatic rings. The van der Waals surface area contributed by atoms with Gasteiger partial charge in [0.15, 0.2) is 5.78 Å². The van der Waals surface area contributed by atoms with Crippen LogP contribution in [0.1, 0.15) is 55.5 Å². The fraction of sp³-hybridized carbons (Fsp3) is 0.500. The molecule has 0 aliphatic heterocycles. The molecule has 0 bridgehead atoms. The van der Waals surface area contributed by atoms with E-state index in [1.807, 2.05) is 6.92 Å². The van der Waals surface area contributed by atoms with Crippen LogP contribution in [0.4, 0.5) is 8.78 Å². The van der Waals surface area contributed by atoms with Gasteiger partial charge < -0.3 is 9.84 Å². The molecule has 0 radical (unpaired) electrons. The highest BCUT2D eigenvalue weighted by Crippen LogP contribution is 2.39. The fourth-order valence-electron chi connectivity index (χ4n) is 1.78. The van der Waals surface area contributed by atoms with Crippen LogP contribution in [0, 0.1) is 0 Å². The quantitative estimate of drug-likeness (QED) is 0.760. The van der Waals surface area contributed by atoms with Gasteiger partial charge in [0.25, 0.3) is 6.43 Å². The van der Waals surface area contributed by atoms with Crippen molar-refractivity contribution in [3.05, 3.63) is 23.3 Å². The van der Waals surface area contributed by atoms with Crippen LogP contribution in [0.5, 0.6) is 11.5 Å². The Morgan fingerprint density at radius 1 is 1.37 bits per heavy atom. The van der Waals surface area contributed by atoms with Crippen molar-refractivity contribution in [2.45, 2.75) is 39.5 Å². The minimum absolute atomic E-state index is 0.0628. The molecule has 0 saturated carbocycles. The highest BCUT2D eigenvalue weighted by molar-refractivity contribution is 5.99. The molecule has 0 fully saturated rings. The van der Waals surface area contributed by atoms with Crippen molar-refractivity contribution in [3.8, 4) is 11.5 Å². The molecule has 106 valence electrons. The Morgan fingerprint density at radius 2 is 2.05 bits per heavy atom. The Hall–Kier alpha value is -1.65. The van der Waals surface area contributed by atoms with Gasteiger partial charge in [-0.05, 0) is 25.5 Å². The van der Waals surface area contributed by atoms with Crippen molar-refractivity contribution in [2.75, 3.05) is 6.61 Å². The number of hydrogen-bond donors (Lipinski definition) is 1. The Kier molecular flexibility index (Phi) is 5.73. The highest BCUT2D eigenvalue weighted by Gasteiger charge is 2.24. The van der Waals surface area contributed by atoms with E-state index in [9.17, 15) is 18.7 Å². The standard InChI is InChI=1S/C14H18F2O3/c1-3-5-6-10(17)9-7-8-11(19-4-2)12(13(9)18)14(15)16/h7-8,14,18H,3-6H2,1-2H3. The van der Waals surface area contributed by atoms with E-state index in [0.717, 1.165) is 6.42 Å². The number of phenols is 1. The van der Waals surface area contributed by atoms with E-state index in [4.69, 9.17) is 4.74 Å². The van der Waals surface area contributed by atoms with Crippen LogP contribution < -0.4 is 4.74 Å². The number of carbonyl (C=O) groups excluding carboxylic acids is 1. The summed E-state index contributed by atoms with van der Waals surface area (Å²) >= 11 is 0. The molecule has 0 aliphatic rings. The number of benzene rings is 1. The molecule has 1 aromatic carbocycles. The zero-order chi connectivity index (χ0) is 14.4. The largest absolute Gasteiger partial charge is 0.507 e. The summed E-state index contributed by atoms with van der Waals surface area (Å²) in [6.07, 6.45) is -1.16. The first kappa shape index (κ1) is 15.4. The van der Waals surface area contributed by atoms with Crippen LogP contribution in [-0.2, 0) is 0 Å². The zero-order valence-corrected chi connectivity index (χ0v) is 11.1. The fourth-order valence-corrected chi connectivity index (χ4v) is 1.78. The minimum atomic E-state index is -2.89. The van der Waals surface area contributed by atoms with Crippen molar-refractivity contribution in [3.63, 3.8) is 0 Å². The third kappa shape index (κ3) is 3.66. The van der Waals surface area contributed by atoms with E-state index in [2.05, 4.69) is 0 Å². The van der Waals surface area contributed by atoms with Crippen molar-refractivity contribution in [1.82, 2.24) is 0 Å². The van der Waals surface area contributed by atoms with Crippen LogP contribution in [0.25, 0.3) is 0 Å². The lowest BCUT2D eigenvalue weighted by atomic mass is 10.0. The summed E-state index contributed by atoms with van der Waals surface area (Å²) in [6, 6.07) is 2.65. The molecule has 0 unspecified atom stereocenters. The highest BCUT2D eigenvalue weighted by atomic mass is 19.3. The van der Waals surface area contributed by atoms with Gasteiger partial charge in [0.2, 0.25) is 0 Å². The van der Waals surface area contributed by atoms with Crippen LogP contribution in [0.3, 0.4) is 0 Å². The molecular weight excluding hydrogens is 254 g/mol. The number of aromatic hydroxyl groups is 1. The van der Waals surface area contributed by atoms with E-state index in [1.165, 1.54) is 12.1 Å². The number of ether oxygens (including phenoxy) is 1. The summed E-state index contributed by atoms with van der Waals surface area (Å²) in [4.78, 5) is 11.8. The number of Topliss-reactive ketones (excluding diaryl/α,β-unsaturated/α-hetero) is 1.